The van der Waals surface area contributed by atoms with Crippen molar-refractivity contribution in [2.75, 3.05) is 0 Å². The van der Waals surface area contributed by atoms with E-state index in [1.54, 1.807) is 11.4 Å². The molecule has 0 aliphatic heterocycles. The number of carbonyl (C=O) groups is 1. The van der Waals surface area contributed by atoms with Gasteiger partial charge in [-0.05, 0) is 24.1 Å². The number of aldehydes is 1. The number of rotatable bonds is 2. The molecule has 0 saturated carbocycles. The van der Waals surface area contributed by atoms with Crippen molar-refractivity contribution in [3.05, 3.63) is 28.6 Å². The van der Waals surface area contributed by atoms with E-state index in [2.05, 4.69) is 0 Å². The van der Waals surface area contributed by atoms with E-state index in [9.17, 15) is 9.90 Å². The number of phenolic OH excluding ortho intramolecular Hbond substituents is 1. The number of hydrogen-bond acceptors (Lipinski definition) is 3. The average molecular weight is 206 g/mol. The summed E-state index contributed by atoms with van der Waals surface area (Å²) in [6, 6.07) is 3.72. The first-order valence-corrected chi connectivity index (χ1v) is 5.32. The molecule has 72 valence electrons. The van der Waals surface area contributed by atoms with Gasteiger partial charge in [0.25, 0.3) is 0 Å². The van der Waals surface area contributed by atoms with Gasteiger partial charge < -0.3 is 5.11 Å². The molecule has 1 aromatic heterocycles. The zero-order valence-corrected chi connectivity index (χ0v) is 8.60. The molecule has 0 unspecified atom stereocenters. The van der Waals surface area contributed by atoms with Crippen molar-refractivity contribution in [1.29, 1.82) is 0 Å². The molecule has 1 aromatic carbocycles. The Labute approximate surface area is 85.8 Å². The maximum absolute atomic E-state index is 10.7. The summed E-state index contributed by atoms with van der Waals surface area (Å²) in [7, 11) is 0. The number of phenols is 1. The molecule has 0 amide bonds. The Balaban J connectivity index is 2.79. The number of aryl methyl sites for hydroxylation is 1. The molecule has 1 N–H and O–H groups in total. The van der Waals surface area contributed by atoms with E-state index in [0.29, 0.717) is 5.56 Å². The molecule has 0 atom stereocenters. The Hall–Kier alpha value is -1.35. The van der Waals surface area contributed by atoms with Crippen molar-refractivity contribution in [1.82, 2.24) is 0 Å². The van der Waals surface area contributed by atoms with Gasteiger partial charge in [0.1, 0.15) is 5.75 Å². The minimum Gasteiger partial charge on any atom is -0.506 e. The van der Waals surface area contributed by atoms with Gasteiger partial charge in [-0.2, -0.15) is 0 Å². The molecule has 0 aliphatic rings. The van der Waals surface area contributed by atoms with Crippen LogP contribution >= 0.6 is 11.3 Å². The second kappa shape index (κ2) is 3.42. The van der Waals surface area contributed by atoms with Crippen molar-refractivity contribution in [2.45, 2.75) is 13.3 Å². The van der Waals surface area contributed by atoms with E-state index >= 15 is 0 Å². The molecule has 0 saturated heterocycles. The molecule has 2 rings (SSSR count). The summed E-state index contributed by atoms with van der Waals surface area (Å²) in [4.78, 5) is 10.7. The molecule has 0 fully saturated rings. The topological polar surface area (TPSA) is 37.3 Å². The van der Waals surface area contributed by atoms with Crippen LogP contribution in [0.1, 0.15) is 22.8 Å². The Morgan fingerprint density at radius 1 is 1.50 bits per heavy atom. The summed E-state index contributed by atoms with van der Waals surface area (Å²) in [5.41, 5.74) is 1.71. The molecule has 0 aliphatic carbocycles. The van der Waals surface area contributed by atoms with Crippen molar-refractivity contribution < 1.29 is 9.90 Å². The van der Waals surface area contributed by atoms with Crippen LogP contribution in [0, 0.1) is 0 Å². The first kappa shape index (κ1) is 9.21. The third kappa shape index (κ3) is 1.30. The number of thiophene rings is 1. The predicted octanol–water partition coefficient (Wildman–Crippen LogP) is 2.98. The summed E-state index contributed by atoms with van der Waals surface area (Å²) in [5, 5.41) is 12.3. The van der Waals surface area contributed by atoms with Crippen molar-refractivity contribution in [3.8, 4) is 5.75 Å². The lowest BCUT2D eigenvalue weighted by molar-refractivity contribution is 0.112. The lowest BCUT2D eigenvalue weighted by Crippen LogP contribution is -1.81. The van der Waals surface area contributed by atoms with Gasteiger partial charge in [0.05, 0.1) is 4.70 Å². The molecular formula is C11H10O2S. The van der Waals surface area contributed by atoms with E-state index in [4.69, 9.17) is 0 Å². The van der Waals surface area contributed by atoms with Gasteiger partial charge in [-0.1, -0.05) is 6.92 Å². The molecule has 1 heterocycles. The summed E-state index contributed by atoms with van der Waals surface area (Å²) in [6.07, 6.45) is 1.69. The zero-order valence-electron chi connectivity index (χ0n) is 7.78. The SMILES string of the molecule is CCc1cc(O)c2scc(C=O)c2c1. The van der Waals surface area contributed by atoms with Gasteiger partial charge in [0.15, 0.2) is 6.29 Å². The molecule has 0 radical (unpaired) electrons. The van der Waals surface area contributed by atoms with Gasteiger partial charge in [0, 0.05) is 16.3 Å². The summed E-state index contributed by atoms with van der Waals surface area (Å²) >= 11 is 1.40. The minimum atomic E-state index is 0.275. The van der Waals surface area contributed by atoms with Crippen LogP contribution in [-0.2, 0) is 6.42 Å². The highest BCUT2D eigenvalue weighted by molar-refractivity contribution is 7.18. The molecule has 0 spiro atoms. The number of carbonyl (C=O) groups excluding carboxylic acids is 1. The molecule has 2 aromatic rings. The number of fused-ring (bicyclic) bond motifs is 1. The first-order chi connectivity index (χ1) is 6.76. The second-order valence-electron chi connectivity index (χ2n) is 3.15. The molecule has 0 bridgehead atoms. The Morgan fingerprint density at radius 3 is 2.93 bits per heavy atom. The van der Waals surface area contributed by atoms with Gasteiger partial charge in [-0.15, -0.1) is 11.3 Å². The van der Waals surface area contributed by atoms with Crippen molar-refractivity contribution in [2.24, 2.45) is 0 Å². The zero-order chi connectivity index (χ0) is 10.1. The highest BCUT2D eigenvalue weighted by Gasteiger charge is 2.08. The predicted molar refractivity (Wildman–Crippen MR) is 58.3 cm³/mol. The second-order valence-corrected chi connectivity index (χ2v) is 4.03. The van der Waals surface area contributed by atoms with Crippen LogP contribution < -0.4 is 0 Å². The average Bonchev–Trinajstić information content (AvgIpc) is 2.61. The fourth-order valence-corrected chi connectivity index (χ4v) is 2.40. The monoisotopic (exact) mass is 206 g/mol. The van der Waals surface area contributed by atoms with Crippen LogP contribution in [0.5, 0.6) is 5.75 Å². The fourth-order valence-electron chi connectivity index (χ4n) is 1.49. The van der Waals surface area contributed by atoms with Crippen LogP contribution in [-0.4, -0.2) is 11.4 Å². The Morgan fingerprint density at radius 2 is 2.29 bits per heavy atom. The molecule has 14 heavy (non-hydrogen) atoms. The van der Waals surface area contributed by atoms with Crippen LogP contribution in [0.2, 0.25) is 0 Å². The normalized spacial score (nSPS) is 10.6. The Kier molecular flexibility index (Phi) is 2.25. The first-order valence-electron chi connectivity index (χ1n) is 4.44. The number of hydrogen-bond donors (Lipinski definition) is 1. The maximum atomic E-state index is 10.7. The van der Waals surface area contributed by atoms with Gasteiger partial charge in [-0.25, -0.2) is 0 Å². The van der Waals surface area contributed by atoms with Crippen LogP contribution in [0.25, 0.3) is 10.1 Å². The van der Waals surface area contributed by atoms with Gasteiger partial charge in [-0.3, -0.25) is 4.79 Å². The Bertz CT molecular complexity index is 485. The van der Waals surface area contributed by atoms with E-state index in [1.165, 1.54) is 11.3 Å². The number of benzene rings is 1. The summed E-state index contributed by atoms with van der Waals surface area (Å²) in [6.45, 7) is 2.02. The van der Waals surface area contributed by atoms with Crippen molar-refractivity contribution >= 4 is 27.7 Å². The van der Waals surface area contributed by atoms with Gasteiger partial charge in [0.2, 0.25) is 0 Å². The van der Waals surface area contributed by atoms with Gasteiger partial charge >= 0.3 is 0 Å². The van der Waals surface area contributed by atoms with Crippen molar-refractivity contribution in [3.63, 3.8) is 0 Å². The standard InChI is InChI=1S/C11H10O2S/c1-2-7-3-9-8(5-12)6-14-11(9)10(13)4-7/h3-6,13H,2H2,1H3. The van der Waals surface area contributed by atoms with Crippen LogP contribution in [0.4, 0.5) is 0 Å². The van der Waals surface area contributed by atoms with E-state index in [1.807, 2.05) is 13.0 Å². The van der Waals surface area contributed by atoms with E-state index in [-0.39, 0.29) is 5.75 Å². The van der Waals surface area contributed by atoms with Crippen LogP contribution in [0.3, 0.4) is 0 Å². The molecule has 3 heteroatoms. The smallest absolute Gasteiger partial charge is 0.151 e. The maximum Gasteiger partial charge on any atom is 0.151 e. The van der Waals surface area contributed by atoms with Crippen LogP contribution in [0.15, 0.2) is 17.5 Å². The van der Waals surface area contributed by atoms with E-state index in [0.717, 1.165) is 28.4 Å². The van der Waals surface area contributed by atoms with E-state index < -0.39 is 0 Å². The third-order valence-electron chi connectivity index (χ3n) is 2.28. The quantitative estimate of drug-likeness (QED) is 0.767. The largest absolute Gasteiger partial charge is 0.506 e. The number of aromatic hydroxyl groups is 1. The minimum absolute atomic E-state index is 0.275. The lowest BCUT2D eigenvalue weighted by atomic mass is 10.1. The lowest BCUT2D eigenvalue weighted by Gasteiger charge is -2.00. The third-order valence-corrected chi connectivity index (χ3v) is 3.32. The fraction of sp³-hybridized carbons (Fsp3) is 0.182. The highest BCUT2D eigenvalue weighted by Crippen LogP contribution is 2.33. The highest BCUT2D eigenvalue weighted by atomic mass is 32.1. The summed E-state index contributed by atoms with van der Waals surface area (Å²) < 4.78 is 0.796. The molecular weight excluding hydrogens is 196 g/mol. The molecule has 2 nitrogen and oxygen atoms in total. The summed E-state index contributed by atoms with van der Waals surface area (Å²) in [5.74, 6) is 0.275.